The molecular weight excluding hydrogens is 395 g/mol. The van der Waals surface area contributed by atoms with E-state index >= 15 is 0 Å². The van der Waals surface area contributed by atoms with Gasteiger partial charge >= 0.3 is 0 Å². The predicted octanol–water partition coefficient (Wildman–Crippen LogP) is 3.51. The Morgan fingerprint density at radius 1 is 1.43 bits per heavy atom. The Balaban J connectivity index is 0.00000220. The van der Waals surface area contributed by atoms with Gasteiger partial charge in [-0.25, -0.2) is 9.98 Å². The molecule has 1 aromatic rings. The second-order valence-corrected chi connectivity index (χ2v) is 7.19. The molecule has 4 nitrogen and oxygen atoms in total. The molecule has 1 aromatic heterocycles. The molecule has 0 radical (unpaired) electrons. The SMILES string of the molecule is CCNC(=NCc1cnc(C)s1)N1CC(C)CC(C)C1.I. The van der Waals surface area contributed by atoms with Gasteiger partial charge in [0.25, 0.3) is 0 Å². The number of rotatable bonds is 3. The number of thiazole rings is 1. The summed E-state index contributed by atoms with van der Waals surface area (Å²) in [5, 5.41) is 4.54. The standard InChI is InChI=1S/C15H26N4S.HI/c1-5-16-15(18-8-14-7-17-13(4)20-14)19-9-11(2)6-12(3)10-19;/h7,11-12H,5-6,8-10H2,1-4H3,(H,16,18);1H. The van der Waals surface area contributed by atoms with Crippen molar-refractivity contribution in [3.05, 3.63) is 16.1 Å². The molecule has 0 aromatic carbocycles. The van der Waals surface area contributed by atoms with Crippen molar-refractivity contribution in [2.45, 2.75) is 40.7 Å². The molecule has 0 spiro atoms. The predicted molar refractivity (Wildman–Crippen MR) is 102 cm³/mol. The maximum absolute atomic E-state index is 4.79. The van der Waals surface area contributed by atoms with Crippen molar-refractivity contribution >= 4 is 41.3 Å². The second kappa shape index (κ2) is 8.92. The van der Waals surface area contributed by atoms with E-state index in [1.54, 1.807) is 11.3 Å². The Kier molecular flexibility index (Phi) is 7.94. The van der Waals surface area contributed by atoms with Gasteiger partial charge in [-0.3, -0.25) is 0 Å². The van der Waals surface area contributed by atoms with Crippen molar-refractivity contribution < 1.29 is 0 Å². The summed E-state index contributed by atoms with van der Waals surface area (Å²) in [5.74, 6) is 2.54. The smallest absolute Gasteiger partial charge is 0.194 e. The molecule has 0 bridgehead atoms. The summed E-state index contributed by atoms with van der Waals surface area (Å²) < 4.78 is 0. The summed E-state index contributed by atoms with van der Waals surface area (Å²) in [4.78, 5) is 12.7. The zero-order valence-electron chi connectivity index (χ0n) is 13.4. The van der Waals surface area contributed by atoms with Gasteiger partial charge in [0.15, 0.2) is 5.96 Å². The van der Waals surface area contributed by atoms with E-state index in [1.807, 2.05) is 13.1 Å². The number of aromatic nitrogens is 1. The van der Waals surface area contributed by atoms with Gasteiger partial charge in [-0.1, -0.05) is 13.8 Å². The summed E-state index contributed by atoms with van der Waals surface area (Å²) in [5.41, 5.74) is 0. The second-order valence-electron chi connectivity index (χ2n) is 5.87. The van der Waals surface area contributed by atoms with Gasteiger partial charge in [0, 0.05) is 30.7 Å². The highest BCUT2D eigenvalue weighted by molar-refractivity contribution is 14.0. The summed E-state index contributed by atoms with van der Waals surface area (Å²) in [6.45, 7) is 12.7. The maximum Gasteiger partial charge on any atom is 0.194 e. The molecule has 1 fully saturated rings. The Morgan fingerprint density at radius 3 is 2.62 bits per heavy atom. The van der Waals surface area contributed by atoms with Gasteiger partial charge in [0.2, 0.25) is 0 Å². The molecule has 2 rings (SSSR count). The zero-order chi connectivity index (χ0) is 14.5. The highest BCUT2D eigenvalue weighted by atomic mass is 127. The van der Waals surface area contributed by atoms with Crippen molar-refractivity contribution in [1.29, 1.82) is 0 Å². The highest BCUT2D eigenvalue weighted by Gasteiger charge is 2.23. The third-order valence-corrected chi connectivity index (χ3v) is 4.45. The van der Waals surface area contributed by atoms with Gasteiger partial charge in [-0.05, 0) is 32.1 Å². The van der Waals surface area contributed by atoms with Crippen molar-refractivity contribution in [1.82, 2.24) is 15.2 Å². The lowest BCUT2D eigenvalue weighted by Gasteiger charge is -2.37. The first kappa shape index (κ1) is 18.7. The van der Waals surface area contributed by atoms with E-state index in [4.69, 9.17) is 4.99 Å². The Morgan fingerprint density at radius 2 is 2.10 bits per heavy atom. The number of hydrogen-bond donors (Lipinski definition) is 1. The van der Waals surface area contributed by atoms with Crippen LogP contribution >= 0.6 is 35.3 Å². The van der Waals surface area contributed by atoms with Crippen LogP contribution in [0.4, 0.5) is 0 Å². The highest BCUT2D eigenvalue weighted by Crippen LogP contribution is 2.21. The lowest BCUT2D eigenvalue weighted by atomic mass is 9.92. The van der Waals surface area contributed by atoms with Crippen LogP contribution in [0.2, 0.25) is 0 Å². The molecule has 1 aliphatic heterocycles. The van der Waals surface area contributed by atoms with E-state index in [0.29, 0.717) is 0 Å². The van der Waals surface area contributed by atoms with Crippen molar-refractivity contribution in [2.75, 3.05) is 19.6 Å². The number of halogens is 1. The molecule has 2 heterocycles. The van der Waals surface area contributed by atoms with Crippen LogP contribution in [0.25, 0.3) is 0 Å². The summed E-state index contributed by atoms with van der Waals surface area (Å²) >= 11 is 1.73. The van der Waals surface area contributed by atoms with E-state index in [-0.39, 0.29) is 24.0 Å². The number of nitrogens with one attached hydrogen (secondary N) is 1. The van der Waals surface area contributed by atoms with Crippen LogP contribution in [0.5, 0.6) is 0 Å². The molecule has 2 unspecified atom stereocenters. The van der Waals surface area contributed by atoms with Gasteiger partial charge in [-0.2, -0.15) is 0 Å². The maximum atomic E-state index is 4.79. The molecule has 1 N–H and O–H groups in total. The largest absolute Gasteiger partial charge is 0.357 e. The van der Waals surface area contributed by atoms with Crippen LogP contribution in [-0.2, 0) is 6.54 Å². The molecule has 21 heavy (non-hydrogen) atoms. The fraction of sp³-hybridized carbons (Fsp3) is 0.733. The topological polar surface area (TPSA) is 40.5 Å². The number of aliphatic imine (C=N–C) groups is 1. The monoisotopic (exact) mass is 422 g/mol. The Bertz CT molecular complexity index is 450. The minimum absolute atomic E-state index is 0. The molecule has 0 saturated carbocycles. The third kappa shape index (κ3) is 5.73. The Labute approximate surface area is 149 Å². The minimum atomic E-state index is 0. The number of aryl methyl sites for hydroxylation is 1. The van der Waals surface area contributed by atoms with Crippen LogP contribution in [0.3, 0.4) is 0 Å². The van der Waals surface area contributed by atoms with E-state index in [1.165, 1.54) is 11.3 Å². The van der Waals surface area contributed by atoms with Crippen LogP contribution in [-0.4, -0.2) is 35.5 Å². The first-order chi connectivity index (χ1) is 9.58. The minimum Gasteiger partial charge on any atom is -0.357 e. The molecule has 2 atom stereocenters. The lowest BCUT2D eigenvalue weighted by Crippen LogP contribution is -2.48. The van der Waals surface area contributed by atoms with E-state index in [2.05, 4.69) is 36.0 Å². The van der Waals surface area contributed by atoms with Crippen LogP contribution in [0, 0.1) is 18.8 Å². The summed E-state index contributed by atoms with van der Waals surface area (Å²) in [6.07, 6.45) is 3.26. The fourth-order valence-corrected chi connectivity index (χ4v) is 3.61. The van der Waals surface area contributed by atoms with E-state index < -0.39 is 0 Å². The molecule has 0 aliphatic carbocycles. The molecule has 1 aliphatic rings. The molecular formula is C15H27IN4S. The quantitative estimate of drug-likeness (QED) is 0.461. The van der Waals surface area contributed by atoms with Crippen molar-refractivity contribution in [2.24, 2.45) is 16.8 Å². The molecule has 0 amide bonds. The van der Waals surface area contributed by atoms with Crippen LogP contribution in [0.1, 0.15) is 37.1 Å². The number of piperidine rings is 1. The van der Waals surface area contributed by atoms with Gasteiger partial charge < -0.3 is 10.2 Å². The fourth-order valence-electron chi connectivity index (χ4n) is 2.89. The van der Waals surface area contributed by atoms with Crippen molar-refractivity contribution in [3.63, 3.8) is 0 Å². The van der Waals surface area contributed by atoms with Crippen LogP contribution < -0.4 is 5.32 Å². The molecule has 6 heteroatoms. The molecule has 1 saturated heterocycles. The number of hydrogen-bond acceptors (Lipinski definition) is 3. The summed E-state index contributed by atoms with van der Waals surface area (Å²) in [6, 6.07) is 0. The normalized spacial score (nSPS) is 22.9. The average molecular weight is 422 g/mol. The molecule has 120 valence electrons. The first-order valence-corrected chi connectivity index (χ1v) is 8.34. The van der Waals surface area contributed by atoms with E-state index in [9.17, 15) is 0 Å². The third-order valence-electron chi connectivity index (χ3n) is 3.56. The lowest BCUT2D eigenvalue weighted by molar-refractivity contribution is 0.208. The van der Waals surface area contributed by atoms with Gasteiger partial charge in [0.1, 0.15) is 0 Å². The number of nitrogens with zero attached hydrogens (tertiary/aromatic N) is 3. The van der Waals surface area contributed by atoms with Gasteiger partial charge in [-0.15, -0.1) is 35.3 Å². The van der Waals surface area contributed by atoms with Crippen molar-refractivity contribution in [3.8, 4) is 0 Å². The number of likely N-dealkylation sites (tertiary alicyclic amines) is 1. The first-order valence-electron chi connectivity index (χ1n) is 7.53. The average Bonchev–Trinajstić information content (AvgIpc) is 2.79. The summed E-state index contributed by atoms with van der Waals surface area (Å²) in [7, 11) is 0. The Hall–Kier alpha value is -0.370. The van der Waals surface area contributed by atoms with Crippen LogP contribution in [0.15, 0.2) is 11.2 Å². The van der Waals surface area contributed by atoms with Gasteiger partial charge in [0.05, 0.1) is 11.6 Å². The van der Waals surface area contributed by atoms with E-state index in [0.717, 1.165) is 49.0 Å². The zero-order valence-corrected chi connectivity index (χ0v) is 16.6. The number of guanidine groups is 1.